The molecule has 3 rings (SSSR count). The maximum absolute atomic E-state index is 12.6. The van der Waals surface area contributed by atoms with Crippen molar-refractivity contribution in [2.24, 2.45) is 0 Å². The van der Waals surface area contributed by atoms with Crippen LogP contribution in [0, 0.1) is 13.8 Å². The fraction of sp³-hybridized carbons (Fsp3) is 0.350. The summed E-state index contributed by atoms with van der Waals surface area (Å²) < 4.78 is 28.1. The number of nitrogens with one attached hydrogen (secondary N) is 2. The van der Waals surface area contributed by atoms with Crippen molar-refractivity contribution in [1.29, 1.82) is 0 Å². The first-order valence-electron chi connectivity index (χ1n) is 9.65. The second-order valence-corrected chi connectivity index (χ2v) is 8.85. The molecule has 0 atom stereocenters. The van der Waals surface area contributed by atoms with Crippen LogP contribution in [0.3, 0.4) is 0 Å². The van der Waals surface area contributed by atoms with Crippen LogP contribution in [0.5, 0.6) is 0 Å². The van der Waals surface area contributed by atoms with Gasteiger partial charge in [0.2, 0.25) is 15.9 Å². The molecule has 2 heterocycles. The maximum Gasteiger partial charge on any atom is 0.266 e. The van der Waals surface area contributed by atoms with E-state index < -0.39 is 10.0 Å². The summed E-state index contributed by atoms with van der Waals surface area (Å²) in [5.74, 6) is -0.267. The number of anilines is 1. The molecule has 160 valence electrons. The van der Waals surface area contributed by atoms with E-state index in [0.717, 1.165) is 5.69 Å². The van der Waals surface area contributed by atoms with Gasteiger partial charge in [0, 0.05) is 41.8 Å². The Balaban J connectivity index is 1.77. The number of hydrogen-bond acceptors (Lipinski definition) is 5. The second kappa shape index (κ2) is 8.41. The molecule has 10 heteroatoms. The lowest BCUT2D eigenvalue weighted by molar-refractivity contribution is -0.115. The molecule has 1 aromatic carbocycles. The van der Waals surface area contributed by atoms with Gasteiger partial charge in [0.1, 0.15) is 0 Å². The summed E-state index contributed by atoms with van der Waals surface area (Å²) in [4.78, 5) is 28.7. The highest BCUT2D eigenvalue weighted by Crippen LogP contribution is 2.19. The van der Waals surface area contributed by atoms with Crippen LogP contribution >= 0.6 is 0 Å². The summed E-state index contributed by atoms with van der Waals surface area (Å²) in [7, 11) is -3.54. The highest BCUT2D eigenvalue weighted by Gasteiger charge is 2.21. The third kappa shape index (κ3) is 4.14. The zero-order chi connectivity index (χ0) is 22.1. The topological polar surface area (TPSA) is 117 Å². The minimum atomic E-state index is -3.54. The molecule has 0 aliphatic rings. The fourth-order valence-corrected chi connectivity index (χ4v) is 4.86. The number of sulfonamides is 1. The molecule has 0 bridgehead atoms. The van der Waals surface area contributed by atoms with E-state index in [1.54, 1.807) is 37.4 Å². The number of aromatic nitrogens is 3. The van der Waals surface area contributed by atoms with Crippen molar-refractivity contribution in [2.75, 3.05) is 18.4 Å². The first kappa shape index (κ1) is 21.7. The molecule has 0 saturated heterocycles. The maximum atomic E-state index is 12.6. The van der Waals surface area contributed by atoms with E-state index in [1.165, 1.54) is 22.5 Å². The molecule has 0 saturated carbocycles. The Hall–Kier alpha value is -2.98. The van der Waals surface area contributed by atoms with Crippen molar-refractivity contribution in [1.82, 2.24) is 18.9 Å². The van der Waals surface area contributed by atoms with Gasteiger partial charge in [-0.2, -0.15) is 4.31 Å². The molecular formula is C20H25N5O4S. The predicted molar refractivity (Wildman–Crippen MR) is 114 cm³/mol. The number of carbonyl (C=O) groups excluding carboxylic acids is 1. The number of aryl methyl sites for hydroxylation is 2. The molecule has 3 aromatic rings. The average Bonchev–Trinajstić information content (AvgIpc) is 3.06. The molecule has 2 aromatic heterocycles. The summed E-state index contributed by atoms with van der Waals surface area (Å²) >= 11 is 0. The summed E-state index contributed by atoms with van der Waals surface area (Å²) in [5, 5.41) is 5.44. The molecular weight excluding hydrogens is 406 g/mol. The molecule has 0 spiro atoms. The van der Waals surface area contributed by atoms with E-state index in [1.807, 2.05) is 6.92 Å². The van der Waals surface area contributed by atoms with Crippen LogP contribution in [-0.4, -0.2) is 46.3 Å². The minimum absolute atomic E-state index is 0.0698. The molecule has 1 amide bonds. The van der Waals surface area contributed by atoms with Crippen LogP contribution in [-0.2, 0) is 21.2 Å². The summed E-state index contributed by atoms with van der Waals surface area (Å²) in [6.07, 6.45) is 0.0698. The van der Waals surface area contributed by atoms with Gasteiger partial charge in [-0.1, -0.05) is 13.8 Å². The Morgan fingerprint density at radius 3 is 2.40 bits per heavy atom. The zero-order valence-electron chi connectivity index (χ0n) is 17.4. The predicted octanol–water partition coefficient (Wildman–Crippen LogP) is 1.85. The van der Waals surface area contributed by atoms with Crippen LogP contribution in [0.4, 0.5) is 5.69 Å². The Morgan fingerprint density at radius 2 is 1.80 bits per heavy atom. The van der Waals surface area contributed by atoms with E-state index in [4.69, 9.17) is 0 Å². The number of fused-ring (bicyclic) bond motifs is 1. The van der Waals surface area contributed by atoms with Gasteiger partial charge >= 0.3 is 0 Å². The number of H-pyrrole nitrogens is 1. The van der Waals surface area contributed by atoms with Crippen molar-refractivity contribution in [3.05, 3.63) is 57.6 Å². The first-order chi connectivity index (χ1) is 14.2. The number of nitrogens with zero attached hydrogens (tertiary/aromatic N) is 3. The number of benzene rings is 1. The number of hydrogen-bond donors (Lipinski definition) is 2. The molecule has 0 unspecified atom stereocenters. The third-order valence-corrected chi connectivity index (χ3v) is 7.09. The van der Waals surface area contributed by atoms with Crippen LogP contribution in [0.2, 0.25) is 0 Å². The molecule has 0 aliphatic heterocycles. The lowest BCUT2D eigenvalue weighted by Gasteiger charge is -2.18. The monoisotopic (exact) mass is 431 g/mol. The van der Waals surface area contributed by atoms with Gasteiger partial charge in [-0.25, -0.2) is 17.9 Å². The smallest absolute Gasteiger partial charge is 0.266 e. The molecule has 0 radical (unpaired) electrons. The van der Waals surface area contributed by atoms with E-state index in [2.05, 4.69) is 15.4 Å². The average molecular weight is 432 g/mol. The van der Waals surface area contributed by atoms with Gasteiger partial charge in [-0.05, 0) is 38.1 Å². The van der Waals surface area contributed by atoms with E-state index >= 15 is 0 Å². The quantitative estimate of drug-likeness (QED) is 0.592. The van der Waals surface area contributed by atoms with Crippen LogP contribution in [0.15, 0.2) is 40.0 Å². The summed E-state index contributed by atoms with van der Waals surface area (Å²) in [6.45, 7) is 7.96. The first-order valence-corrected chi connectivity index (χ1v) is 11.1. The summed E-state index contributed by atoms with van der Waals surface area (Å²) in [6, 6.07) is 7.51. The second-order valence-electron chi connectivity index (χ2n) is 6.91. The third-order valence-electron chi connectivity index (χ3n) is 5.02. The van der Waals surface area contributed by atoms with Gasteiger partial charge in [0.15, 0.2) is 5.65 Å². The lowest BCUT2D eigenvalue weighted by Crippen LogP contribution is -2.30. The van der Waals surface area contributed by atoms with Crippen LogP contribution in [0.25, 0.3) is 5.65 Å². The SMILES string of the molecule is CCN(CC)S(=O)(=O)c1ccc(NC(=O)Cc2c(C)nc3cc(=O)[nH]n3c2C)cc1. The van der Waals surface area contributed by atoms with Gasteiger partial charge in [0.25, 0.3) is 5.56 Å². The number of amides is 1. The van der Waals surface area contributed by atoms with Crippen LogP contribution in [0.1, 0.15) is 30.8 Å². The fourth-order valence-electron chi connectivity index (χ4n) is 3.40. The molecule has 0 fully saturated rings. The number of aromatic amines is 1. The Bertz CT molecular complexity index is 1240. The van der Waals surface area contributed by atoms with Crippen molar-refractivity contribution in [3.8, 4) is 0 Å². The van der Waals surface area contributed by atoms with E-state index in [9.17, 15) is 18.0 Å². The normalized spacial score (nSPS) is 11.9. The van der Waals surface area contributed by atoms with Gasteiger partial charge < -0.3 is 5.32 Å². The highest BCUT2D eigenvalue weighted by molar-refractivity contribution is 7.89. The molecule has 2 N–H and O–H groups in total. The van der Waals surface area contributed by atoms with Gasteiger partial charge in [-0.15, -0.1) is 0 Å². The lowest BCUT2D eigenvalue weighted by atomic mass is 10.1. The zero-order valence-corrected chi connectivity index (χ0v) is 18.2. The highest BCUT2D eigenvalue weighted by atomic mass is 32.2. The van der Waals surface area contributed by atoms with Crippen molar-refractivity contribution in [2.45, 2.75) is 39.0 Å². The van der Waals surface area contributed by atoms with Crippen molar-refractivity contribution in [3.63, 3.8) is 0 Å². The molecule has 9 nitrogen and oxygen atoms in total. The Labute approximate surface area is 174 Å². The van der Waals surface area contributed by atoms with E-state index in [0.29, 0.717) is 35.7 Å². The van der Waals surface area contributed by atoms with Crippen molar-refractivity contribution >= 4 is 27.3 Å². The van der Waals surface area contributed by atoms with Gasteiger partial charge in [-0.3, -0.25) is 14.7 Å². The molecule has 30 heavy (non-hydrogen) atoms. The Kier molecular flexibility index (Phi) is 6.09. The standard InChI is InChI=1S/C20H25N5O4S/c1-5-24(6-2)30(28,29)16-9-7-15(8-10-16)22-19(26)11-17-13(3)21-18-12-20(27)23-25(18)14(17)4/h7-10,12H,5-6,11H2,1-4H3,(H,22,26)(H,23,27). The van der Waals surface area contributed by atoms with Crippen molar-refractivity contribution < 1.29 is 13.2 Å². The van der Waals surface area contributed by atoms with Crippen LogP contribution < -0.4 is 10.9 Å². The minimum Gasteiger partial charge on any atom is -0.326 e. The van der Waals surface area contributed by atoms with E-state index in [-0.39, 0.29) is 22.8 Å². The van der Waals surface area contributed by atoms with Gasteiger partial charge in [0.05, 0.1) is 11.3 Å². The number of carbonyl (C=O) groups is 1. The summed E-state index contributed by atoms with van der Waals surface area (Å²) in [5.41, 5.74) is 2.86. The number of rotatable bonds is 7. The molecule has 0 aliphatic carbocycles. The Morgan fingerprint density at radius 1 is 1.17 bits per heavy atom. The largest absolute Gasteiger partial charge is 0.326 e.